The molecule has 0 heterocycles. The Labute approximate surface area is 84.3 Å². The van der Waals surface area contributed by atoms with Gasteiger partial charge in [0.15, 0.2) is 5.78 Å². The van der Waals surface area contributed by atoms with Crippen LogP contribution in [-0.4, -0.2) is 16.5 Å². The lowest BCUT2D eigenvalue weighted by atomic mass is 9.66. The van der Waals surface area contributed by atoms with E-state index in [9.17, 15) is 9.90 Å². The SMILES string of the molecule is CC1=C[C@H]2CC=CC[C@H]2[C@@](C)(O)C1=O. The monoisotopic (exact) mass is 192 g/mol. The molecule has 0 amide bonds. The van der Waals surface area contributed by atoms with Crippen molar-refractivity contribution in [3.63, 3.8) is 0 Å². The van der Waals surface area contributed by atoms with Crippen molar-refractivity contribution in [1.82, 2.24) is 0 Å². The number of hydrogen-bond donors (Lipinski definition) is 1. The summed E-state index contributed by atoms with van der Waals surface area (Å²) in [6, 6.07) is 0. The van der Waals surface area contributed by atoms with Gasteiger partial charge in [0.05, 0.1) is 0 Å². The van der Waals surface area contributed by atoms with E-state index >= 15 is 0 Å². The molecule has 76 valence electrons. The molecule has 0 fully saturated rings. The van der Waals surface area contributed by atoms with Crippen LogP contribution in [0.5, 0.6) is 0 Å². The summed E-state index contributed by atoms with van der Waals surface area (Å²) in [4.78, 5) is 11.8. The summed E-state index contributed by atoms with van der Waals surface area (Å²) in [7, 11) is 0. The molecule has 0 unspecified atom stereocenters. The van der Waals surface area contributed by atoms with Crippen LogP contribution in [0, 0.1) is 11.8 Å². The molecule has 0 saturated heterocycles. The number of carbonyl (C=O) groups is 1. The Morgan fingerprint density at radius 2 is 2.07 bits per heavy atom. The van der Waals surface area contributed by atoms with Gasteiger partial charge >= 0.3 is 0 Å². The van der Waals surface area contributed by atoms with E-state index in [1.54, 1.807) is 13.8 Å². The Balaban J connectivity index is 2.41. The molecular formula is C12H16O2. The Morgan fingerprint density at radius 3 is 2.79 bits per heavy atom. The molecule has 0 aromatic carbocycles. The fraction of sp³-hybridized carbons (Fsp3) is 0.583. The van der Waals surface area contributed by atoms with Gasteiger partial charge in [-0.3, -0.25) is 4.79 Å². The fourth-order valence-electron chi connectivity index (χ4n) is 2.63. The number of ketones is 1. The highest BCUT2D eigenvalue weighted by Gasteiger charge is 2.46. The van der Waals surface area contributed by atoms with Crippen LogP contribution in [0.3, 0.4) is 0 Å². The van der Waals surface area contributed by atoms with Crippen molar-refractivity contribution in [2.24, 2.45) is 11.8 Å². The molecule has 0 saturated carbocycles. The van der Waals surface area contributed by atoms with Gasteiger partial charge in [-0.25, -0.2) is 0 Å². The Hall–Kier alpha value is -0.890. The number of Topliss-reactive ketones (excluding diaryl/α,β-unsaturated/α-hetero) is 1. The van der Waals surface area contributed by atoms with Gasteiger partial charge in [-0.2, -0.15) is 0 Å². The minimum atomic E-state index is -1.16. The molecule has 14 heavy (non-hydrogen) atoms. The number of allylic oxidation sites excluding steroid dienone is 3. The Bertz CT molecular complexity index is 323. The zero-order chi connectivity index (χ0) is 10.3. The minimum absolute atomic E-state index is 0.0729. The van der Waals surface area contributed by atoms with Crippen molar-refractivity contribution in [1.29, 1.82) is 0 Å². The van der Waals surface area contributed by atoms with Crippen LogP contribution in [0.2, 0.25) is 0 Å². The van der Waals surface area contributed by atoms with E-state index in [1.807, 2.05) is 6.08 Å². The molecule has 2 aliphatic rings. The highest BCUT2D eigenvalue weighted by atomic mass is 16.3. The van der Waals surface area contributed by atoms with Crippen molar-refractivity contribution in [2.45, 2.75) is 32.3 Å². The fourth-order valence-corrected chi connectivity index (χ4v) is 2.63. The second-order valence-corrected chi connectivity index (χ2v) is 4.54. The first kappa shape index (κ1) is 9.66. The summed E-state index contributed by atoms with van der Waals surface area (Å²) in [6.07, 6.45) is 7.99. The van der Waals surface area contributed by atoms with Gasteiger partial charge < -0.3 is 5.11 Å². The Morgan fingerprint density at radius 1 is 1.43 bits per heavy atom. The Kier molecular flexibility index (Phi) is 2.11. The van der Waals surface area contributed by atoms with Gasteiger partial charge in [0, 0.05) is 5.92 Å². The maximum Gasteiger partial charge on any atom is 0.189 e. The average Bonchev–Trinajstić information content (AvgIpc) is 2.15. The second-order valence-electron chi connectivity index (χ2n) is 4.54. The van der Waals surface area contributed by atoms with Gasteiger partial charge in [0.1, 0.15) is 5.60 Å². The van der Waals surface area contributed by atoms with Crippen LogP contribution in [0.15, 0.2) is 23.8 Å². The summed E-state index contributed by atoms with van der Waals surface area (Å²) in [5.74, 6) is 0.311. The van der Waals surface area contributed by atoms with E-state index in [0.29, 0.717) is 11.5 Å². The lowest BCUT2D eigenvalue weighted by molar-refractivity contribution is -0.140. The number of fused-ring (bicyclic) bond motifs is 1. The maximum absolute atomic E-state index is 11.8. The van der Waals surface area contributed by atoms with E-state index in [2.05, 4.69) is 12.2 Å². The van der Waals surface area contributed by atoms with Crippen LogP contribution in [0.25, 0.3) is 0 Å². The third-order valence-corrected chi connectivity index (χ3v) is 3.49. The first-order valence-corrected chi connectivity index (χ1v) is 5.14. The van der Waals surface area contributed by atoms with Crippen molar-refractivity contribution >= 4 is 5.78 Å². The number of carbonyl (C=O) groups excluding carboxylic acids is 1. The topological polar surface area (TPSA) is 37.3 Å². The highest BCUT2D eigenvalue weighted by molar-refractivity contribution is 6.02. The molecule has 2 aliphatic carbocycles. The quantitative estimate of drug-likeness (QED) is 0.595. The predicted molar refractivity (Wildman–Crippen MR) is 54.7 cm³/mol. The largest absolute Gasteiger partial charge is 0.382 e. The van der Waals surface area contributed by atoms with Crippen LogP contribution >= 0.6 is 0 Å². The summed E-state index contributed by atoms with van der Waals surface area (Å²) >= 11 is 0. The van der Waals surface area contributed by atoms with Gasteiger partial charge in [-0.1, -0.05) is 18.2 Å². The first-order chi connectivity index (χ1) is 6.53. The standard InChI is InChI=1S/C12H16O2/c1-8-7-9-5-3-4-6-10(9)12(2,14)11(8)13/h3-4,7,9-10,14H,5-6H2,1-2H3/t9-,10-,12-/m1/s1. The lowest BCUT2D eigenvalue weighted by Gasteiger charge is -2.40. The molecule has 2 heteroatoms. The van der Waals surface area contributed by atoms with Crippen LogP contribution in [-0.2, 0) is 4.79 Å². The molecule has 0 bridgehead atoms. The molecule has 0 radical (unpaired) electrons. The van der Waals surface area contributed by atoms with Crippen LogP contribution in [0.4, 0.5) is 0 Å². The third-order valence-electron chi connectivity index (χ3n) is 3.49. The molecule has 1 N–H and O–H groups in total. The van der Waals surface area contributed by atoms with Crippen LogP contribution in [0.1, 0.15) is 26.7 Å². The van der Waals surface area contributed by atoms with Gasteiger partial charge in [-0.15, -0.1) is 0 Å². The smallest absolute Gasteiger partial charge is 0.189 e. The number of hydrogen-bond acceptors (Lipinski definition) is 2. The van der Waals surface area contributed by atoms with E-state index in [-0.39, 0.29) is 11.7 Å². The summed E-state index contributed by atoms with van der Waals surface area (Å²) in [6.45, 7) is 3.45. The molecule has 2 rings (SSSR count). The predicted octanol–water partition coefficient (Wildman–Crippen LogP) is 1.85. The molecular weight excluding hydrogens is 176 g/mol. The minimum Gasteiger partial charge on any atom is -0.382 e. The second kappa shape index (κ2) is 3.06. The molecule has 3 atom stereocenters. The van der Waals surface area contributed by atoms with Crippen molar-refractivity contribution in [2.75, 3.05) is 0 Å². The first-order valence-electron chi connectivity index (χ1n) is 5.14. The third kappa shape index (κ3) is 1.25. The van der Waals surface area contributed by atoms with E-state index in [1.165, 1.54) is 0 Å². The van der Waals surface area contributed by atoms with E-state index < -0.39 is 5.60 Å². The van der Waals surface area contributed by atoms with Crippen LogP contribution < -0.4 is 0 Å². The molecule has 2 nitrogen and oxygen atoms in total. The normalized spacial score (nSPS) is 41.9. The number of aliphatic hydroxyl groups is 1. The van der Waals surface area contributed by atoms with Crippen molar-refractivity contribution in [3.05, 3.63) is 23.8 Å². The maximum atomic E-state index is 11.8. The van der Waals surface area contributed by atoms with Gasteiger partial charge in [-0.05, 0) is 38.2 Å². The van der Waals surface area contributed by atoms with Gasteiger partial charge in [0.25, 0.3) is 0 Å². The highest BCUT2D eigenvalue weighted by Crippen LogP contribution is 2.40. The summed E-state index contributed by atoms with van der Waals surface area (Å²) in [5, 5.41) is 10.2. The summed E-state index contributed by atoms with van der Waals surface area (Å²) in [5.41, 5.74) is -0.444. The molecule has 0 aliphatic heterocycles. The molecule has 0 aromatic heterocycles. The number of rotatable bonds is 0. The lowest BCUT2D eigenvalue weighted by Crippen LogP contribution is -2.49. The van der Waals surface area contributed by atoms with Gasteiger partial charge in [0.2, 0.25) is 0 Å². The van der Waals surface area contributed by atoms with E-state index in [0.717, 1.165) is 12.8 Å². The molecule has 0 spiro atoms. The molecule has 0 aromatic rings. The average molecular weight is 192 g/mol. The van der Waals surface area contributed by atoms with Crippen molar-refractivity contribution < 1.29 is 9.90 Å². The summed E-state index contributed by atoms with van der Waals surface area (Å²) < 4.78 is 0. The zero-order valence-corrected chi connectivity index (χ0v) is 8.66. The van der Waals surface area contributed by atoms with Crippen molar-refractivity contribution in [3.8, 4) is 0 Å². The van der Waals surface area contributed by atoms with E-state index in [4.69, 9.17) is 0 Å². The zero-order valence-electron chi connectivity index (χ0n) is 8.66.